The van der Waals surface area contributed by atoms with Gasteiger partial charge in [0.2, 0.25) is 0 Å². The molecular formula is C26H22ClF3N4O4S. The highest BCUT2D eigenvalue weighted by Crippen LogP contribution is 2.37. The first kappa shape index (κ1) is 27.1. The Balaban J connectivity index is 1.36. The zero-order valence-corrected chi connectivity index (χ0v) is 22.3. The van der Waals surface area contributed by atoms with Crippen molar-refractivity contribution in [3.63, 3.8) is 0 Å². The van der Waals surface area contributed by atoms with Crippen LogP contribution in [0.1, 0.15) is 30.0 Å². The predicted molar refractivity (Wildman–Crippen MR) is 140 cm³/mol. The van der Waals surface area contributed by atoms with Crippen molar-refractivity contribution in [1.82, 2.24) is 19.6 Å². The van der Waals surface area contributed by atoms with E-state index < -0.39 is 35.0 Å². The van der Waals surface area contributed by atoms with Gasteiger partial charge in [-0.05, 0) is 66.6 Å². The average Bonchev–Trinajstić information content (AvgIpc) is 3.54. The maximum Gasteiger partial charge on any atom is 0.416 e. The number of imide groups is 1. The summed E-state index contributed by atoms with van der Waals surface area (Å²) in [6.07, 6.45) is -1.49. The second-order valence-electron chi connectivity index (χ2n) is 9.33. The summed E-state index contributed by atoms with van der Waals surface area (Å²) in [5.41, 5.74) is 0.441. The molecule has 0 aliphatic carbocycles. The van der Waals surface area contributed by atoms with E-state index in [1.54, 1.807) is 24.3 Å². The Bertz CT molecular complexity index is 1520. The molecule has 5 rings (SSSR count). The number of likely N-dealkylation sites (tertiary alicyclic amines) is 1. The van der Waals surface area contributed by atoms with Crippen LogP contribution in [0.3, 0.4) is 0 Å². The molecule has 39 heavy (non-hydrogen) atoms. The maximum atomic E-state index is 13.5. The number of benzene rings is 2. The first-order valence-corrected chi connectivity index (χ1v) is 13.1. The number of aromatic nitrogens is 2. The van der Waals surface area contributed by atoms with Gasteiger partial charge < -0.3 is 9.64 Å². The highest BCUT2D eigenvalue weighted by Gasteiger charge is 2.45. The zero-order valence-electron chi connectivity index (χ0n) is 20.7. The van der Waals surface area contributed by atoms with E-state index in [2.05, 4.69) is 5.10 Å². The lowest BCUT2D eigenvalue weighted by Crippen LogP contribution is -2.41. The molecule has 2 aliphatic heterocycles. The molecule has 2 saturated heterocycles. The molecule has 3 aromatic rings. The normalized spacial score (nSPS) is 21.0. The molecule has 0 saturated carbocycles. The van der Waals surface area contributed by atoms with Crippen molar-refractivity contribution in [3.05, 3.63) is 69.2 Å². The van der Waals surface area contributed by atoms with Crippen LogP contribution in [0.4, 0.5) is 22.8 Å². The number of halogens is 4. The summed E-state index contributed by atoms with van der Waals surface area (Å²) in [5, 5.41) is 4.50. The van der Waals surface area contributed by atoms with Gasteiger partial charge in [0.15, 0.2) is 0 Å². The minimum atomic E-state index is -4.56. The molecule has 3 heterocycles. The Kier molecular flexibility index (Phi) is 7.10. The van der Waals surface area contributed by atoms with Crippen LogP contribution in [0, 0.1) is 0 Å². The molecule has 0 spiro atoms. The number of methoxy groups -OCH3 is 1. The first-order chi connectivity index (χ1) is 18.5. The molecule has 0 radical (unpaired) electrons. The minimum absolute atomic E-state index is 0.00584. The molecule has 8 nitrogen and oxygen atoms in total. The number of carbonyl (C=O) groups is 3. The molecule has 2 atom stereocenters. The minimum Gasteiger partial charge on any atom is -0.453 e. The highest BCUT2D eigenvalue weighted by atomic mass is 35.5. The van der Waals surface area contributed by atoms with Crippen LogP contribution in [0.15, 0.2) is 47.5 Å². The summed E-state index contributed by atoms with van der Waals surface area (Å²) in [7, 11) is 1.28. The smallest absolute Gasteiger partial charge is 0.416 e. The van der Waals surface area contributed by atoms with Crippen molar-refractivity contribution >= 4 is 57.6 Å². The third-order valence-corrected chi connectivity index (χ3v) is 7.93. The number of alkyl halides is 3. The molecule has 0 bridgehead atoms. The van der Waals surface area contributed by atoms with Gasteiger partial charge >= 0.3 is 12.3 Å². The second kappa shape index (κ2) is 10.2. The molecule has 2 fully saturated rings. The maximum absolute atomic E-state index is 13.5. The van der Waals surface area contributed by atoms with Gasteiger partial charge in [0.05, 0.1) is 41.9 Å². The van der Waals surface area contributed by atoms with Gasteiger partial charge in [-0.1, -0.05) is 23.7 Å². The standard InChI is InChI=1S/C26H22ClF3N4O4S/c1-14-7-19(13-32(14)24(36)38-2)34-23(35)22(39-25(34)37)9-15-3-6-21-17(8-15)11-31-33(21)12-16-4-5-18(27)10-20(16)26(28,29)30/h3-6,8-11,14,19H,7,12-13H2,1-2H3/t14-,19-/m1/s1. The van der Waals surface area contributed by atoms with E-state index in [-0.39, 0.29) is 34.6 Å². The van der Waals surface area contributed by atoms with Crippen molar-refractivity contribution in [2.24, 2.45) is 0 Å². The van der Waals surface area contributed by atoms with E-state index in [9.17, 15) is 27.6 Å². The largest absolute Gasteiger partial charge is 0.453 e. The van der Waals surface area contributed by atoms with Crippen molar-refractivity contribution in [2.75, 3.05) is 13.7 Å². The van der Waals surface area contributed by atoms with Crippen LogP contribution < -0.4 is 0 Å². The van der Waals surface area contributed by atoms with E-state index in [1.165, 1.54) is 39.9 Å². The van der Waals surface area contributed by atoms with Gasteiger partial charge in [-0.3, -0.25) is 19.2 Å². The zero-order chi connectivity index (χ0) is 28.1. The molecule has 13 heteroatoms. The molecule has 2 aromatic carbocycles. The SMILES string of the molecule is COC(=O)N1C[C@H](N2C(=O)SC(=Cc3ccc4c(cnn4Cc4ccc(Cl)cc4C(F)(F)F)c3)C2=O)C[C@H]1C. The molecule has 1 aromatic heterocycles. The van der Waals surface area contributed by atoms with E-state index in [1.807, 2.05) is 6.92 Å². The lowest BCUT2D eigenvalue weighted by atomic mass is 10.1. The third kappa shape index (κ3) is 5.22. The Morgan fingerprint density at radius 1 is 1.23 bits per heavy atom. The molecule has 3 amide bonds. The Morgan fingerprint density at radius 2 is 2.00 bits per heavy atom. The molecular weight excluding hydrogens is 557 g/mol. The van der Waals surface area contributed by atoms with Gasteiger partial charge in [0.1, 0.15) is 0 Å². The molecule has 0 N–H and O–H groups in total. The van der Waals surface area contributed by atoms with E-state index >= 15 is 0 Å². The monoisotopic (exact) mass is 578 g/mol. The van der Waals surface area contributed by atoms with Gasteiger partial charge in [-0.25, -0.2) is 4.79 Å². The van der Waals surface area contributed by atoms with Crippen molar-refractivity contribution < 1.29 is 32.3 Å². The molecule has 2 aliphatic rings. The summed E-state index contributed by atoms with van der Waals surface area (Å²) >= 11 is 6.61. The summed E-state index contributed by atoms with van der Waals surface area (Å²) < 4.78 is 46.8. The van der Waals surface area contributed by atoms with Crippen molar-refractivity contribution in [2.45, 2.75) is 38.1 Å². The summed E-state index contributed by atoms with van der Waals surface area (Å²) in [5.74, 6) is -0.438. The van der Waals surface area contributed by atoms with Crippen LogP contribution in [-0.4, -0.2) is 62.6 Å². The van der Waals surface area contributed by atoms with E-state index in [4.69, 9.17) is 16.3 Å². The second-order valence-corrected chi connectivity index (χ2v) is 10.8. The lowest BCUT2D eigenvalue weighted by molar-refractivity contribution is -0.138. The fraction of sp³-hybridized carbons (Fsp3) is 0.308. The Hall–Kier alpha value is -3.51. The van der Waals surface area contributed by atoms with Crippen LogP contribution in [0.25, 0.3) is 17.0 Å². The highest BCUT2D eigenvalue weighted by molar-refractivity contribution is 8.18. The number of nitrogens with zero attached hydrogens (tertiary/aromatic N) is 4. The number of hydrogen-bond donors (Lipinski definition) is 0. The summed E-state index contributed by atoms with van der Waals surface area (Å²) in [6, 6.07) is 8.16. The molecule has 204 valence electrons. The third-order valence-electron chi connectivity index (χ3n) is 6.81. The fourth-order valence-electron chi connectivity index (χ4n) is 4.94. The number of rotatable bonds is 4. The van der Waals surface area contributed by atoms with Crippen LogP contribution in [0.5, 0.6) is 0 Å². The summed E-state index contributed by atoms with van der Waals surface area (Å²) in [4.78, 5) is 40.8. The topological polar surface area (TPSA) is 84.7 Å². The quantitative estimate of drug-likeness (QED) is 0.352. The first-order valence-electron chi connectivity index (χ1n) is 11.9. The Morgan fingerprint density at radius 3 is 2.72 bits per heavy atom. The van der Waals surface area contributed by atoms with Crippen LogP contribution in [0.2, 0.25) is 5.02 Å². The average molecular weight is 579 g/mol. The molecule has 0 unspecified atom stereocenters. The Labute approximate surface area is 230 Å². The van der Waals surface area contributed by atoms with Gasteiger partial charge in [0, 0.05) is 23.0 Å². The van der Waals surface area contributed by atoms with Gasteiger partial charge in [-0.2, -0.15) is 18.3 Å². The number of fused-ring (bicyclic) bond motifs is 1. The van der Waals surface area contributed by atoms with Crippen LogP contribution >= 0.6 is 23.4 Å². The summed E-state index contributed by atoms with van der Waals surface area (Å²) in [6.45, 7) is 1.92. The number of hydrogen-bond acceptors (Lipinski definition) is 6. The lowest BCUT2D eigenvalue weighted by Gasteiger charge is -2.21. The van der Waals surface area contributed by atoms with E-state index in [0.717, 1.165) is 17.8 Å². The number of amides is 3. The number of thioether (sulfide) groups is 1. The fourth-order valence-corrected chi connectivity index (χ4v) is 6.01. The van der Waals surface area contributed by atoms with Crippen molar-refractivity contribution in [1.29, 1.82) is 0 Å². The number of ether oxygens (including phenoxy) is 1. The van der Waals surface area contributed by atoms with Crippen molar-refractivity contribution in [3.8, 4) is 0 Å². The predicted octanol–water partition coefficient (Wildman–Crippen LogP) is 6.02. The van der Waals surface area contributed by atoms with E-state index in [0.29, 0.717) is 22.9 Å². The van der Waals surface area contributed by atoms with Crippen LogP contribution in [-0.2, 0) is 22.3 Å². The van der Waals surface area contributed by atoms with Gasteiger partial charge in [-0.15, -0.1) is 0 Å². The van der Waals surface area contributed by atoms with Gasteiger partial charge in [0.25, 0.3) is 11.1 Å². The number of carbonyl (C=O) groups excluding carboxylic acids is 3.